The number of anilines is 1. The van der Waals surface area contributed by atoms with Crippen LogP contribution in [0.3, 0.4) is 0 Å². The highest BCUT2D eigenvalue weighted by Gasteiger charge is 2.38. The Morgan fingerprint density at radius 3 is 2.15 bits per heavy atom. The lowest BCUT2D eigenvalue weighted by Gasteiger charge is -2.47. The lowest BCUT2D eigenvalue weighted by atomic mass is 9.82. The number of piperidine rings is 1. The van der Waals surface area contributed by atoms with Crippen molar-refractivity contribution in [2.45, 2.75) is 44.2 Å². The molecule has 184 valence electrons. The summed E-state index contributed by atoms with van der Waals surface area (Å²) < 4.78 is 16.1. The number of rotatable bonds is 8. The molecule has 2 amide bonds. The summed E-state index contributed by atoms with van der Waals surface area (Å²) in [6.45, 7) is 2.16. The molecule has 0 bridgehead atoms. The van der Waals surface area contributed by atoms with Crippen LogP contribution in [0.2, 0.25) is 5.02 Å². The minimum Gasteiger partial charge on any atom is -0.493 e. The Labute approximate surface area is 206 Å². The minimum atomic E-state index is -0.221. The smallest absolute Gasteiger partial charge is 0.319 e. The topological polar surface area (TPSA) is 72.1 Å². The Balaban J connectivity index is 1.27. The highest BCUT2D eigenvalue weighted by Crippen LogP contribution is 2.40. The molecule has 0 radical (unpaired) electrons. The fraction of sp³-hybridized carbons (Fsp3) is 0.500. The van der Waals surface area contributed by atoms with E-state index >= 15 is 0 Å². The van der Waals surface area contributed by atoms with Crippen molar-refractivity contribution in [2.75, 3.05) is 39.7 Å². The third kappa shape index (κ3) is 5.70. The van der Waals surface area contributed by atoms with Gasteiger partial charge in [-0.05, 0) is 68.8 Å². The first kappa shape index (κ1) is 24.5. The number of carbonyl (C=O) groups is 1. The van der Waals surface area contributed by atoms with Crippen LogP contribution in [0.4, 0.5) is 10.5 Å². The lowest BCUT2D eigenvalue weighted by molar-refractivity contribution is 0.0581. The SMILES string of the molecule is COc1cc(NC(=O)N[C@@H]2CC[C@H]2N2CCC(Cc3ccc(Cl)cc3)CC2)cc(OC)c1OC. The van der Waals surface area contributed by atoms with Gasteiger partial charge in [-0.2, -0.15) is 0 Å². The van der Waals surface area contributed by atoms with Gasteiger partial charge in [0.2, 0.25) is 5.75 Å². The molecule has 4 rings (SSSR count). The van der Waals surface area contributed by atoms with Crippen LogP contribution < -0.4 is 24.8 Å². The molecule has 1 saturated carbocycles. The summed E-state index contributed by atoms with van der Waals surface area (Å²) in [6.07, 6.45) is 5.59. The highest BCUT2D eigenvalue weighted by atomic mass is 35.5. The van der Waals surface area contributed by atoms with Gasteiger partial charge in [-0.3, -0.25) is 4.90 Å². The molecule has 7 nitrogen and oxygen atoms in total. The zero-order valence-electron chi connectivity index (χ0n) is 20.1. The summed E-state index contributed by atoms with van der Waals surface area (Å²) in [5.41, 5.74) is 1.94. The fourth-order valence-corrected chi connectivity index (χ4v) is 5.15. The van der Waals surface area contributed by atoms with Crippen LogP contribution in [0.1, 0.15) is 31.2 Å². The number of nitrogens with zero attached hydrogens (tertiary/aromatic N) is 1. The molecule has 2 fully saturated rings. The van der Waals surface area contributed by atoms with Gasteiger partial charge in [0, 0.05) is 29.2 Å². The van der Waals surface area contributed by atoms with Gasteiger partial charge in [0.25, 0.3) is 0 Å². The van der Waals surface area contributed by atoms with Crippen molar-refractivity contribution >= 4 is 23.3 Å². The fourth-order valence-electron chi connectivity index (χ4n) is 5.02. The minimum absolute atomic E-state index is 0.162. The monoisotopic (exact) mass is 487 g/mol. The maximum absolute atomic E-state index is 12.7. The number of ether oxygens (including phenoxy) is 3. The summed E-state index contributed by atoms with van der Waals surface area (Å²) in [6, 6.07) is 12.0. The Morgan fingerprint density at radius 1 is 0.971 bits per heavy atom. The molecule has 2 atom stereocenters. The van der Waals surface area contributed by atoms with E-state index in [4.69, 9.17) is 25.8 Å². The average Bonchev–Trinajstić information content (AvgIpc) is 2.83. The predicted molar refractivity (Wildman–Crippen MR) is 135 cm³/mol. The number of benzene rings is 2. The van der Waals surface area contributed by atoms with Gasteiger partial charge in [0.05, 0.1) is 27.0 Å². The molecule has 34 heavy (non-hydrogen) atoms. The largest absolute Gasteiger partial charge is 0.493 e. The number of nitrogens with one attached hydrogen (secondary N) is 2. The van der Waals surface area contributed by atoms with E-state index in [1.807, 2.05) is 12.1 Å². The van der Waals surface area contributed by atoms with E-state index in [0.29, 0.717) is 34.9 Å². The second kappa shape index (κ2) is 11.2. The van der Waals surface area contributed by atoms with Gasteiger partial charge in [-0.25, -0.2) is 4.79 Å². The summed E-state index contributed by atoms with van der Waals surface area (Å²) in [7, 11) is 4.66. The standard InChI is InChI=1S/C26H34ClN3O4/c1-32-23-15-20(16-24(33-2)25(23)34-3)28-26(31)29-21-8-9-22(21)30-12-10-18(11-13-30)14-17-4-6-19(27)7-5-17/h4-7,15-16,18,21-22H,8-14H2,1-3H3,(H2,28,29,31)/t21-,22-/m1/s1. The van der Waals surface area contributed by atoms with Crippen LogP contribution in [-0.2, 0) is 6.42 Å². The van der Waals surface area contributed by atoms with Crippen molar-refractivity contribution in [3.63, 3.8) is 0 Å². The number of likely N-dealkylation sites (tertiary alicyclic amines) is 1. The first-order valence-corrected chi connectivity index (χ1v) is 12.2. The van der Waals surface area contributed by atoms with E-state index in [2.05, 4.69) is 27.7 Å². The summed E-state index contributed by atoms with van der Waals surface area (Å²) in [5, 5.41) is 6.85. The zero-order valence-corrected chi connectivity index (χ0v) is 20.9. The number of hydrogen-bond donors (Lipinski definition) is 2. The van der Waals surface area contributed by atoms with Crippen LogP contribution in [0, 0.1) is 5.92 Å². The molecular weight excluding hydrogens is 454 g/mol. The number of halogens is 1. The predicted octanol–water partition coefficient (Wildman–Crippen LogP) is 4.97. The van der Waals surface area contributed by atoms with Crippen molar-refractivity contribution in [3.8, 4) is 17.2 Å². The first-order chi connectivity index (χ1) is 16.5. The van der Waals surface area contributed by atoms with Crippen molar-refractivity contribution in [1.82, 2.24) is 10.2 Å². The Bertz CT molecular complexity index is 952. The number of urea groups is 1. The number of carbonyl (C=O) groups excluding carboxylic acids is 1. The van der Waals surface area contributed by atoms with Gasteiger partial charge < -0.3 is 24.8 Å². The zero-order chi connectivity index (χ0) is 24.1. The lowest BCUT2D eigenvalue weighted by Crippen LogP contribution is -2.60. The molecule has 8 heteroatoms. The first-order valence-electron chi connectivity index (χ1n) is 11.9. The molecule has 0 unspecified atom stereocenters. The van der Waals surface area contributed by atoms with Crippen molar-refractivity contribution in [1.29, 1.82) is 0 Å². The molecule has 2 aliphatic rings. The summed E-state index contributed by atoms with van der Waals surface area (Å²) in [5.74, 6) is 2.20. The van der Waals surface area contributed by atoms with Gasteiger partial charge in [-0.15, -0.1) is 0 Å². The van der Waals surface area contributed by atoms with E-state index < -0.39 is 0 Å². The second-order valence-corrected chi connectivity index (χ2v) is 9.51. The number of methoxy groups -OCH3 is 3. The molecule has 2 aromatic carbocycles. The molecule has 0 aromatic heterocycles. The Kier molecular flexibility index (Phi) is 8.06. The molecule has 1 aliphatic heterocycles. The van der Waals surface area contributed by atoms with Crippen molar-refractivity contribution < 1.29 is 19.0 Å². The Hall–Kier alpha value is -2.64. The van der Waals surface area contributed by atoms with E-state index in [0.717, 1.165) is 37.4 Å². The third-order valence-electron chi connectivity index (χ3n) is 7.03. The average molecular weight is 488 g/mol. The van der Waals surface area contributed by atoms with Crippen LogP contribution in [0.5, 0.6) is 17.2 Å². The highest BCUT2D eigenvalue weighted by molar-refractivity contribution is 6.30. The summed E-state index contributed by atoms with van der Waals surface area (Å²) in [4.78, 5) is 15.3. The van der Waals surface area contributed by atoms with E-state index in [1.54, 1.807) is 33.5 Å². The van der Waals surface area contributed by atoms with E-state index in [9.17, 15) is 4.79 Å². The molecule has 2 N–H and O–H groups in total. The van der Waals surface area contributed by atoms with Crippen molar-refractivity contribution in [2.24, 2.45) is 5.92 Å². The normalized spacial score (nSPS) is 20.8. The number of hydrogen-bond acceptors (Lipinski definition) is 5. The van der Waals surface area contributed by atoms with Crippen LogP contribution in [0.15, 0.2) is 36.4 Å². The summed E-state index contributed by atoms with van der Waals surface area (Å²) >= 11 is 6.01. The molecule has 1 aliphatic carbocycles. The van der Waals surface area contributed by atoms with Gasteiger partial charge in [0.15, 0.2) is 11.5 Å². The molecule has 2 aromatic rings. The number of amides is 2. The van der Waals surface area contributed by atoms with Gasteiger partial charge in [-0.1, -0.05) is 23.7 Å². The Morgan fingerprint density at radius 2 is 1.62 bits per heavy atom. The van der Waals surface area contributed by atoms with Gasteiger partial charge in [0.1, 0.15) is 0 Å². The molecule has 1 heterocycles. The van der Waals surface area contributed by atoms with Crippen LogP contribution in [0.25, 0.3) is 0 Å². The third-order valence-corrected chi connectivity index (χ3v) is 7.28. The molecular formula is C26H34ClN3O4. The van der Waals surface area contributed by atoms with E-state index in [1.165, 1.54) is 18.4 Å². The molecule has 1 saturated heterocycles. The van der Waals surface area contributed by atoms with Gasteiger partial charge >= 0.3 is 6.03 Å². The van der Waals surface area contributed by atoms with Crippen LogP contribution >= 0.6 is 11.6 Å². The molecule has 0 spiro atoms. The second-order valence-electron chi connectivity index (χ2n) is 9.07. The maximum atomic E-state index is 12.7. The van der Waals surface area contributed by atoms with Crippen LogP contribution in [-0.4, -0.2) is 57.4 Å². The van der Waals surface area contributed by atoms with Crippen molar-refractivity contribution in [3.05, 3.63) is 47.0 Å². The maximum Gasteiger partial charge on any atom is 0.319 e. The quantitative estimate of drug-likeness (QED) is 0.550. The van der Waals surface area contributed by atoms with E-state index in [-0.39, 0.29) is 12.1 Å².